The molecule has 0 spiro atoms. The molecule has 116 valence electrons. The Labute approximate surface area is 132 Å². The van der Waals surface area contributed by atoms with Crippen molar-refractivity contribution in [1.29, 1.82) is 0 Å². The quantitative estimate of drug-likeness (QED) is 0.721. The third-order valence-corrected chi connectivity index (χ3v) is 4.89. The van der Waals surface area contributed by atoms with Crippen molar-refractivity contribution in [1.82, 2.24) is 4.90 Å². The molecule has 4 heteroatoms. The number of thioether (sulfide) groups is 1. The maximum Gasteiger partial charge on any atom is 0.232 e. The van der Waals surface area contributed by atoms with Crippen molar-refractivity contribution in [2.75, 3.05) is 25.2 Å². The van der Waals surface area contributed by atoms with E-state index in [2.05, 4.69) is 0 Å². The molecule has 21 heavy (non-hydrogen) atoms. The molecule has 0 saturated heterocycles. The number of carbonyl (C=O) groups excluding carboxylic acids is 1. The molecule has 0 radical (unpaired) electrons. The van der Waals surface area contributed by atoms with Gasteiger partial charge in [-0.05, 0) is 25.0 Å². The molecule has 1 aliphatic carbocycles. The maximum absolute atomic E-state index is 12.1. The summed E-state index contributed by atoms with van der Waals surface area (Å²) in [5, 5.41) is 0. The van der Waals surface area contributed by atoms with E-state index in [-0.39, 0.29) is 5.91 Å². The van der Waals surface area contributed by atoms with E-state index in [1.165, 1.54) is 32.1 Å². The fourth-order valence-electron chi connectivity index (χ4n) is 2.67. The van der Waals surface area contributed by atoms with E-state index in [0.29, 0.717) is 18.4 Å². The molecule has 0 aromatic heterocycles. The standard InChI is InChI=1S/C17H25NO2S/c1-18(15-8-4-2-5-9-15)17(19)14-21-13-12-20-16-10-6-3-7-11-16/h3,6-7,10-11,15H,2,4-5,8-9,12-14H2,1H3. The van der Waals surface area contributed by atoms with Crippen molar-refractivity contribution in [2.24, 2.45) is 0 Å². The lowest BCUT2D eigenvalue weighted by molar-refractivity contribution is -0.129. The minimum atomic E-state index is 0.256. The Balaban J connectivity index is 1.58. The zero-order valence-corrected chi connectivity index (χ0v) is 13.6. The lowest BCUT2D eigenvalue weighted by Gasteiger charge is -2.31. The molecule has 2 rings (SSSR count). The summed E-state index contributed by atoms with van der Waals surface area (Å²) in [6.07, 6.45) is 6.19. The highest BCUT2D eigenvalue weighted by molar-refractivity contribution is 7.99. The van der Waals surface area contributed by atoms with E-state index in [4.69, 9.17) is 4.74 Å². The first-order valence-corrected chi connectivity index (χ1v) is 8.94. The highest BCUT2D eigenvalue weighted by atomic mass is 32.2. The number of hydrogen-bond donors (Lipinski definition) is 0. The average molecular weight is 307 g/mol. The number of ether oxygens (including phenoxy) is 1. The van der Waals surface area contributed by atoms with Crippen LogP contribution in [0, 0.1) is 0 Å². The first kappa shape index (κ1) is 16.2. The van der Waals surface area contributed by atoms with Gasteiger partial charge in [-0.1, -0.05) is 37.5 Å². The van der Waals surface area contributed by atoms with Crippen LogP contribution in [-0.2, 0) is 4.79 Å². The molecule has 3 nitrogen and oxygen atoms in total. The molecule has 1 aromatic carbocycles. The second kappa shape index (κ2) is 8.98. The molecule has 0 aliphatic heterocycles. The normalized spacial score (nSPS) is 15.7. The Morgan fingerprint density at radius 2 is 1.95 bits per heavy atom. The molecule has 1 amide bonds. The molecule has 1 aliphatic rings. The van der Waals surface area contributed by atoms with Gasteiger partial charge in [-0.25, -0.2) is 0 Å². The van der Waals surface area contributed by atoms with Crippen LogP contribution in [0.15, 0.2) is 30.3 Å². The van der Waals surface area contributed by atoms with Gasteiger partial charge in [0, 0.05) is 18.8 Å². The van der Waals surface area contributed by atoms with E-state index in [1.807, 2.05) is 42.3 Å². The number of carbonyl (C=O) groups is 1. The topological polar surface area (TPSA) is 29.5 Å². The van der Waals surface area contributed by atoms with Crippen LogP contribution in [0.1, 0.15) is 32.1 Å². The Kier molecular flexibility index (Phi) is 6.93. The molecule has 0 unspecified atom stereocenters. The SMILES string of the molecule is CN(C(=O)CSCCOc1ccccc1)C1CCCCC1. The second-order valence-electron chi connectivity index (χ2n) is 5.51. The highest BCUT2D eigenvalue weighted by Gasteiger charge is 2.21. The van der Waals surface area contributed by atoms with Crippen LogP contribution < -0.4 is 4.74 Å². The molecule has 0 N–H and O–H groups in total. The van der Waals surface area contributed by atoms with Crippen LogP contribution in [0.2, 0.25) is 0 Å². The van der Waals surface area contributed by atoms with E-state index >= 15 is 0 Å². The fourth-order valence-corrected chi connectivity index (χ4v) is 3.39. The predicted octanol–water partition coefficient (Wildman–Crippen LogP) is 3.59. The van der Waals surface area contributed by atoms with Crippen LogP contribution in [0.3, 0.4) is 0 Å². The van der Waals surface area contributed by atoms with Crippen molar-refractivity contribution >= 4 is 17.7 Å². The Bertz CT molecular complexity index is 418. The van der Waals surface area contributed by atoms with Crippen molar-refractivity contribution < 1.29 is 9.53 Å². The summed E-state index contributed by atoms with van der Waals surface area (Å²) >= 11 is 1.66. The molecular weight excluding hydrogens is 282 g/mol. The summed E-state index contributed by atoms with van der Waals surface area (Å²) in [6.45, 7) is 0.648. The largest absolute Gasteiger partial charge is 0.493 e. The van der Waals surface area contributed by atoms with E-state index in [1.54, 1.807) is 11.8 Å². The lowest BCUT2D eigenvalue weighted by atomic mass is 9.94. The van der Waals surface area contributed by atoms with Gasteiger partial charge in [0.1, 0.15) is 5.75 Å². The maximum atomic E-state index is 12.1. The molecule has 1 aromatic rings. The molecule has 0 bridgehead atoms. The van der Waals surface area contributed by atoms with Gasteiger partial charge < -0.3 is 9.64 Å². The molecular formula is C17H25NO2S. The van der Waals surface area contributed by atoms with Crippen LogP contribution in [0.25, 0.3) is 0 Å². The van der Waals surface area contributed by atoms with Crippen LogP contribution >= 0.6 is 11.8 Å². The Morgan fingerprint density at radius 3 is 2.67 bits per heavy atom. The van der Waals surface area contributed by atoms with E-state index < -0.39 is 0 Å². The van der Waals surface area contributed by atoms with Gasteiger partial charge in [-0.2, -0.15) is 0 Å². The molecule has 1 fully saturated rings. The van der Waals surface area contributed by atoms with Crippen molar-refractivity contribution in [3.63, 3.8) is 0 Å². The molecule has 1 saturated carbocycles. The van der Waals surface area contributed by atoms with Gasteiger partial charge in [-0.15, -0.1) is 11.8 Å². The third kappa shape index (κ3) is 5.62. The zero-order chi connectivity index (χ0) is 14.9. The third-order valence-electron chi connectivity index (χ3n) is 3.98. The van der Waals surface area contributed by atoms with Gasteiger partial charge in [0.25, 0.3) is 0 Å². The smallest absolute Gasteiger partial charge is 0.232 e. The summed E-state index contributed by atoms with van der Waals surface area (Å²) in [6, 6.07) is 10.3. The van der Waals surface area contributed by atoms with Crippen molar-refractivity contribution in [3.05, 3.63) is 30.3 Å². The van der Waals surface area contributed by atoms with Gasteiger partial charge in [0.15, 0.2) is 0 Å². The number of nitrogens with zero attached hydrogens (tertiary/aromatic N) is 1. The van der Waals surface area contributed by atoms with E-state index in [9.17, 15) is 4.79 Å². The average Bonchev–Trinajstić information content (AvgIpc) is 2.55. The predicted molar refractivity (Wildman–Crippen MR) is 88.9 cm³/mol. The summed E-state index contributed by atoms with van der Waals surface area (Å²) in [7, 11) is 1.96. The molecule has 0 heterocycles. The minimum absolute atomic E-state index is 0.256. The summed E-state index contributed by atoms with van der Waals surface area (Å²) < 4.78 is 5.62. The highest BCUT2D eigenvalue weighted by Crippen LogP contribution is 2.22. The lowest BCUT2D eigenvalue weighted by Crippen LogP contribution is -2.39. The molecule has 0 atom stereocenters. The second-order valence-corrected chi connectivity index (χ2v) is 6.62. The number of rotatable bonds is 7. The minimum Gasteiger partial charge on any atom is -0.493 e. The van der Waals surface area contributed by atoms with Gasteiger partial charge in [0.2, 0.25) is 5.91 Å². The Morgan fingerprint density at radius 1 is 1.24 bits per heavy atom. The fraction of sp³-hybridized carbons (Fsp3) is 0.588. The van der Waals surface area contributed by atoms with Crippen LogP contribution in [0.4, 0.5) is 0 Å². The van der Waals surface area contributed by atoms with Crippen molar-refractivity contribution in [2.45, 2.75) is 38.1 Å². The van der Waals surface area contributed by atoms with Crippen molar-refractivity contribution in [3.8, 4) is 5.75 Å². The number of amides is 1. The summed E-state index contributed by atoms with van der Waals surface area (Å²) in [5.74, 6) is 2.56. The first-order chi connectivity index (χ1) is 10.3. The van der Waals surface area contributed by atoms with Gasteiger partial charge >= 0.3 is 0 Å². The summed E-state index contributed by atoms with van der Waals surface area (Å²) in [5.41, 5.74) is 0. The summed E-state index contributed by atoms with van der Waals surface area (Å²) in [4.78, 5) is 14.1. The first-order valence-electron chi connectivity index (χ1n) is 7.78. The van der Waals surface area contributed by atoms with Gasteiger partial charge in [0.05, 0.1) is 12.4 Å². The monoisotopic (exact) mass is 307 g/mol. The zero-order valence-electron chi connectivity index (χ0n) is 12.8. The van der Waals surface area contributed by atoms with Crippen LogP contribution in [-0.4, -0.2) is 42.0 Å². The Hall–Kier alpha value is -1.16. The number of hydrogen-bond acceptors (Lipinski definition) is 3. The van der Waals surface area contributed by atoms with Crippen LogP contribution in [0.5, 0.6) is 5.75 Å². The number of para-hydroxylation sites is 1. The van der Waals surface area contributed by atoms with Gasteiger partial charge in [-0.3, -0.25) is 4.79 Å². The number of benzene rings is 1. The van der Waals surface area contributed by atoms with E-state index in [0.717, 1.165) is 11.5 Å².